The molecule has 0 aliphatic carbocycles. The van der Waals surface area contributed by atoms with Gasteiger partial charge in [-0.25, -0.2) is 9.97 Å². The highest BCUT2D eigenvalue weighted by molar-refractivity contribution is 7.84. The van der Waals surface area contributed by atoms with Gasteiger partial charge in [0.05, 0.1) is 0 Å². The van der Waals surface area contributed by atoms with E-state index in [1.807, 2.05) is 20.8 Å². The molecule has 5 nitrogen and oxygen atoms in total. The van der Waals surface area contributed by atoms with Crippen LogP contribution in [0.1, 0.15) is 32.5 Å². The summed E-state index contributed by atoms with van der Waals surface area (Å²) in [6.07, 6.45) is 0. The zero-order valence-electron chi connectivity index (χ0n) is 10.6. The standard InChI is InChI=1S/C11H20N4OS/c1-4-17(16)6-5-13-10-7-9(12)14-11(15-10)8(2)3/h7-8H,4-6H2,1-3H3,(H3,12,13,14,15). The van der Waals surface area contributed by atoms with Crippen LogP contribution in [0.15, 0.2) is 6.07 Å². The number of hydrogen-bond acceptors (Lipinski definition) is 5. The smallest absolute Gasteiger partial charge is 0.135 e. The Labute approximate surface area is 105 Å². The molecule has 0 amide bonds. The highest BCUT2D eigenvalue weighted by atomic mass is 32.2. The van der Waals surface area contributed by atoms with E-state index in [-0.39, 0.29) is 5.92 Å². The molecule has 0 saturated heterocycles. The van der Waals surface area contributed by atoms with Crippen molar-refractivity contribution in [2.24, 2.45) is 0 Å². The number of hydrogen-bond donors (Lipinski definition) is 2. The Kier molecular flexibility index (Phi) is 5.34. The summed E-state index contributed by atoms with van der Waals surface area (Å²) in [5.41, 5.74) is 5.70. The Hall–Kier alpha value is -1.17. The van der Waals surface area contributed by atoms with Crippen molar-refractivity contribution >= 4 is 22.4 Å². The van der Waals surface area contributed by atoms with Gasteiger partial charge < -0.3 is 11.1 Å². The fourth-order valence-corrected chi connectivity index (χ4v) is 1.89. The number of nitrogens with two attached hydrogens (primary N) is 1. The van der Waals surface area contributed by atoms with E-state index in [2.05, 4.69) is 15.3 Å². The minimum atomic E-state index is -0.757. The van der Waals surface area contributed by atoms with Gasteiger partial charge in [0, 0.05) is 40.8 Å². The van der Waals surface area contributed by atoms with E-state index in [9.17, 15) is 4.21 Å². The molecule has 96 valence electrons. The lowest BCUT2D eigenvalue weighted by Crippen LogP contribution is -2.14. The third-order valence-corrected chi connectivity index (χ3v) is 3.54. The van der Waals surface area contributed by atoms with Crippen molar-refractivity contribution in [1.29, 1.82) is 0 Å². The zero-order valence-corrected chi connectivity index (χ0v) is 11.4. The van der Waals surface area contributed by atoms with Crippen molar-refractivity contribution in [2.45, 2.75) is 26.7 Å². The third-order valence-electron chi connectivity index (χ3n) is 2.24. The average Bonchev–Trinajstić information content (AvgIpc) is 2.28. The van der Waals surface area contributed by atoms with Gasteiger partial charge in [0.25, 0.3) is 0 Å². The highest BCUT2D eigenvalue weighted by Crippen LogP contribution is 2.14. The lowest BCUT2D eigenvalue weighted by molar-refractivity contribution is 0.684. The molecule has 0 aromatic carbocycles. The monoisotopic (exact) mass is 256 g/mol. The number of aromatic nitrogens is 2. The fraction of sp³-hybridized carbons (Fsp3) is 0.636. The molecule has 0 saturated carbocycles. The Bertz CT molecular complexity index is 395. The molecular weight excluding hydrogens is 236 g/mol. The van der Waals surface area contributed by atoms with Gasteiger partial charge in [0.15, 0.2) is 0 Å². The summed E-state index contributed by atoms with van der Waals surface area (Å²) < 4.78 is 11.3. The summed E-state index contributed by atoms with van der Waals surface area (Å²) >= 11 is 0. The molecular formula is C11H20N4OS. The largest absolute Gasteiger partial charge is 0.384 e. The molecule has 1 rings (SSSR count). The first kappa shape index (κ1) is 13.9. The number of anilines is 2. The summed E-state index contributed by atoms with van der Waals surface area (Å²) in [4.78, 5) is 8.51. The van der Waals surface area contributed by atoms with Crippen LogP contribution in [0.25, 0.3) is 0 Å². The third kappa shape index (κ3) is 4.68. The van der Waals surface area contributed by atoms with E-state index in [4.69, 9.17) is 5.73 Å². The lowest BCUT2D eigenvalue weighted by atomic mass is 10.2. The molecule has 0 aliphatic rings. The van der Waals surface area contributed by atoms with E-state index < -0.39 is 10.8 Å². The Morgan fingerprint density at radius 1 is 1.47 bits per heavy atom. The van der Waals surface area contributed by atoms with E-state index in [0.717, 1.165) is 5.82 Å². The predicted molar refractivity (Wildman–Crippen MR) is 72.6 cm³/mol. The maximum Gasteiger partial charge on any atom is 0.135 e. The Morgan fingerprint density at radius 3 is 2.76 bits per heavy atom. The number of nitrogens with zero attached hydrogens (tertiary/aromatic N) is 2. The average molecular weight is 256 g/mol. The maximum atomic E-state index is 11.3. The number of nitrogen functional groups attached to an aromatic ring is 1. The van der Waals surface area contributed by atoms with Gasteiger partial charge in [-0.15, -0.1) is 0 Å². The number of rotatable bonds is 6. The van der Waals surface area contributed by atoms with Gasteiger partial charge in [-0.1, -0.05) is 20.8 Å². The first-order valence-corrected chi connectivity index (χ1v) is 7.25. The van der Waals surface area contributed by atoms with Crippen LogP contribution >= 0.6 is 0 Å². The summed E-state index contributed by atoms with van der Waals surface area (Å²) in [5, 5.41) is 3.12. The molecule has 1 atom stereocenters. The second-order valence-electron chi connectivity index (χ2n) is 4.05. The van der Waals surface area contributed by atoms with Gasteiger partial charge in [0.2, 0.25) is 0 Å². The second-order valence-corrected chi connectivity index (χ2v) is 5.92. The van der Waals surface area contributed by atoms with Crippen LogP contribution in [0, 0.1) is 0 Å². The molecule has 0 radical (unpaired) electrons. The summed E-state index contributed by atoms with van der Waals surface area (Å²) in [5.74, 6) is 3.44. The first-order valence-electron chi connectivity index (χ1n) is 5.76. The van der Waals surface area contributed by atoms with Gasteiger partial charge >= 0.3 is 0 Å². The lowest BCUT2D eigenvalue weighted by Gasteiger charge is -2.09. The first-order chi connectivity index (χ1) is 8.02. The van der Waals surface area contributed by atoms with Gasteiger partial charge in [-0.05, 0) is 0 Å². The molecule has 0 aliphatic heterocycles. The molecule has 0 spiro atoms. The molecule has 3 N–H and O–H groups in total. The van der Waals surface area contributed by atoms with Crippen LogP contribution in [-0.4, -0.2) is 32.2 Å². The molecule has 6 heteroatoms. The van der Waals surface area contributed by atoms with E-state index in [1.165, 1.54) is 0 Å². The van der Waals surface area contributed by atoms with Gasteiger partial charge in [-0.2, -0.15) is 0 Å². The maximum absolute atomic E-state index is 11.3. The van der Waals surface area contributed by atoms with E-state index >= 15 is 0 Å². The summed E-state index contributed by atoms with van der Waals surface area (Å²) in [7, 11) is -0.757. The second kappa shape index (κ2) is 6.54. The highest BCUT2D eigenvalue weighted by Gasteiger charge is 2.06. The van der Waals surface area contributed by atoms with Crippen molar-refractivity contribution < 1.29 is 4.21 Å². The Balaban J connectivity index is 2.62. The Morgan fingerprint density at radius 2 is 2.18 bits per heavy atom. The fourth-order valence-electron chi connectivity index (χ4n) is 1.27. The van der Waals surface area contributed by atoms with Gasteiger partial charge in [0.1, 0.15) is 17.5 Å². The minimum absolute atomic E-state index is 0.240. The van der Waals surface area contributed by atoms with Crippen LogP contribution in [0.3, 0.4) is 0 Å². The topological polar surface area (TPSA) is 80.9 Å². The van der Waals surface area contributed by atoms with Crippen LogP contribution in [0.4, 0.5) is 11.6 Å². The van der Waals surface area contributed by atoms with Crippen molar-refractivity contribution in [3.05, 3.63) is 11.9 Å². The zero-order chi connectivity index (χ0) is 12.8. The molecule has 1 aromatic heterocycles. The molecule has 17 heavy (non-hydrogen) atoms. The van der Waals surface area contributed by atoms with Gasteiger partial charge in [-0.3, -0.25) is 4.21 Å². The van der Waals surface area contributed by atoms with Crippen molar-refractivity contribution in [3.8, 4) is 0 Å². The SMILES string of the molecule is CCS(=O)CCNc1cc(N)nc(C(C)C)n1. The molecule has 0 fully saturated rings. The summed E-state index contributed by atoms with van der Waals surface area (Å²) in [6, 6.07) is 1.70. The molecule has 1 unspecified atom stereocenters. The van der Waals surface area contributed by atoms with Crippen LogP contribution in [0.5, 0.6) is 0 Å². The van der Waals surface area contributed by atoms with Crippen LogP contribution < -0.4 is 11.1 Å². The minimum Gasteiger partial charge on any atom is -0.384 e. The quantitative estimate of drug-likeness (QED) is 0.803. The normalized spacial score (nSPS) is 12.7. The predicted octanol–water partition coefficient (Wildman–Crippen LogP) is 1.36. The van der Waals surface area contributed by atoms with Crippen molar-refractivity contribution in [3.63, 3.8) is 0 Å². The van der Waals surface area contributed by atoms with Crippen molar-refractivity contribution in [1.82, 2.24) is 9.97 Å². The van der Waals surface area contributed by atoms with E-state index in [1.54, 1.807) is 6.07 Å². The molecule has 1 heterocycles. The number of nitrogens with one attached hydrogen (secondary N) is 1. The molecule has 0 bridgehead atoms. The van der Waals surface area contributed by atoms with Crippen molar-refractivity contribution in [2.75, 3.05) is 29.1 Å². The van der Waals surface area contributed by atoms with E-state index in [0.29, 0.717) is 29.7 Å². The summed E-state index contributed by atoms with van der Waals surface area (Å²) in [6.45, 7) is 6.58. The van der Waals surface area contributed by atoms with Crippen LogP contribution in [0.2, 0.25) is 0 Å². The molecule has 1 aromatic rings. The van der Waals surface area contributed by atoms with Crippen LogP contribution in [-0.2, 0) is 10.8 Å².